The standard InChI is InChI=1S/C19H15NO2S/c1-12-13(2)20-23-18(12)8-5-14-3-6-17-10-15(11-19(21)22)4-7-16(17)9-14/h3-4,6-7,9-10H,11H2,1-2H3,(H,21,22). The first kappa shape index (κ1) is 15.3. The molecule has 3 rings (SSSR count). The maximum atomic E-state index is 10.8. The van der Waals surface area contributed by atoms with Gasteiger partial charge in [-0.05, 0) is 65.3 Å². The van der Waals surface area contributed by atoms with Crippen molar-refractivity contribution < 1.29 is 9.90 Å². The van der Waals surface area contributed by atoms with E-state index in [-0.39, 0.29) is 6.42 Å². The highest BCUT2D eigenvalue weighted by molar-refractivity contribution is 7.06. The van der Waals surface area contributed by atoms with Crippen LogP contribution in [0.2, 0.25) is 0 Å². The summed E-state index contributed by atoms with van der Waals surface area (Å²) in [5.74, 6) is 5.54. The minimum Gasteiger partial charge on any atom is -0.481 e. The molecular formula is C19H15NO2S. The van der Waals surface area contributed by atoms with E-state index < -0.39 is 5.97 Å². The maximum absolute atomic E-state index is 10.8. The zero-order valence-corrected chi connectivity index (χ0v) is 13.7. The van der Waals surface area contributed by atoms with E-state index in [4.69, 9.17) is 5.11 Å². The van der Waals surface area contributed by atoms with Crippen LogP contribution in [0.15, 0.2) is 36.4 Å². The van der Waals surface area contributed by atoms with Crippen molar-refractivity contribution in [1.29, 1.82) is 0 Å². The number of aryl methyl sites for hydroxylation is 1. The molecule has 1 N–H and O–H groups in total. The van der Waals surface area contributed by atoms with Gasteiger partial charge in [0, 0.05) is 5.56 Å². The number of carboxylic acids is 1. The monoisotopic (exact) mass is 321 g/mol. The summed E-state index contributed by atoms with van der Waals surface area (Å²) in [6, 6.07) is 11.7. The minimum atomic E-state index is -0.818. The number of fused-ring (bicyclic) bond motifs is 1. The zero-order chi connectivity index (χ0) is 16.4. The first-order chi connectivity index (χ1) is 11.0. The van der Waals surface area contributed by atoms with Gasteiger partial charge in [-0.3, -0.25) is 4.79 Å². The Hall–Kier alpha value is -2.64. The number of rotatable bonds is 2. The molecule has 0 spiro atoms. The molecule has 1 aromatic heterocycles. The highest BCUT2D eigenvalue weighted by Gasteiger charge is 2.03. The molecule has 114 valence electrons. The lowest BCUT2D eigenvalue weighted by molar-refractivity contribution is -0.136. The third-order valence-corrected chi connectivity index (χ3v) is 4.69. The number of carboxylic acid groups (broad SMARTS) is 1. The Labute approximate surface area is 138 Å². The fraction of sp³-hybridized carbons (Fsp3) is 0.158. The van der Waals surface area contributed by atoms with Crippen molar-refractivity contribution in [3.05, 3.63) is 63.7 Å². The molecule has 0 aliphatic rings. The Morgan fingerprint density at radius 1 is 1.13 bits per heavy atom. The van der Waals surface area contributed by atoms with Gasteiger partial charge in [0.25, 0.3) is 0 Å². The molecule has 0 fully saturated rings. The van der Waals surface area contributed by atoms with Crippen LogP contribution in [0.4, 0.5) is 0 Å². The molecule has 2 aromatic carbocycles. The van der Waals surface area contributed by atoms with Crippen molar-refractivity contribution in [2.45, 2.75) is 20.3 Å². The van der Waals surface area contributed by atoms with Crippen LogP contribution in [-0.4, -0.2) is 15.4 Å². The van der Waals surface area contributed by atoms with Crippen LogP contribution in [0.25, 0.3) is 10.8 Å². The van der Waals surface area contributed by atoms with Gasteiger partial charge in [0.1, 0.15) is 4.88 Å². The molecule has 3 nitrogen and oxygen atoms in total. The predicted octanol–water partition coefficient (Wildman–Crippen LogP) is 3.94. The second-order valence-corrected chi connectivity index (χ2v) is 6.21. The molecule has 0 atom stereocenters. The van der Waals surface area contributed by atoms with Crippen LogP contribution in [0, 0.1) is 25.7 Å². The Kier molecular flexibility index (Phi) is 4.14. The fourth-order valence-electron chi connectivity index (χ4n) is 2.32. The lowest BCUT2D eigenvalue weighted by atomic mass is 10.0. The van der Waals surface area contributed by atoms with Gasteiger partial charge in [0.05, 0.1) is 12.1 Å². The van der Waals surface area contributed by atoms with Crippen LogP contribution in [0.5, 0.6) is 0 Å². The minimum absolute atomic E-state index is 0.0432. The normalized spacial score (nSPS) is 10.3. The summed E-state index contributed by atoms with van der Waals surface area (Å²) in [5, 5.41) is 10.9. The van der Waals surface area contributed by atoms with Gasteiger partial charge in [0.2, 0.25) is 0 Å². The molecule has 0 bridgehead atoms. The summed E-state index contributed by atoms with van der Waals surface area (Å²) in [7, 11) is 0. The number of aromatic nitrogens is 1. The predicted molar refractivity (Wildman–Crippen MR) is 92.9 cm³/mol. The molecule has 23 heavy (non-hydrogen) atoms. The highest BCUT2D eigenvalue weighted by Crippen LogP contribution is 2.19. The zero-order valence-electron chi connectivity index (χ0n) is 12.9. The Bertz CT molecular complexity index is 960. The molecule has 0 saturated carbocycles. The second-order valence-electron chi connectivity index (χ2n) is 5.44. The molecule has 0 saturated heterocycles. The number of hydrogen-bond acceptors (Lipinski definition) is 3. The Balaban J connectivity index is 1.92. The number of carbonyl (C=O) groups is 1. The largest absolute Gasteiger partial charge is 0.481 e. The van der Waals surface area contributed by atoms with E-state index in [9.17, 15) is 4.79 Å². The molecule has 0 aliphatic heterocycles. The summed E-state index contributed by atoms with van der Waals surface area (Å²) in [5.41, 5.74) is 3.92. The summed E-state index contributed by atoms with van der Waals surface area (Å²) in [6.07, 6.45) is 0.0432. The van der Waals surface area contributed by atoms with Gasteiger partial charge in [-0.1, -0.05) is 30.2 Å². The molecule has 0 aliphatic carbocycles. The lowest BCUT2D eigenvalue weighted by Gasteiger charge is -2.02. The summed E-state index contributed by atoms with van der Waals surface area (Å²) in [4.78, 5) is 11.8. The molecular weight excluding hydrogens is 306 g/mol. The average Bonchev–Trinajstić information content (AvgIpc) is 2.84. The van der Waals surface area contributed by atoms with Crippen molar-refractivity contribution in [2.24, 2.45) is 0 Å². The van der Waals surface area contributed by atoms with Gasteiger partial charge in [0.15, 0.2) is 0 Å². The van der Waals surface area contributed by atoms with Gasteiger partial charge in [-0.15, -0.1) is 0 Å². The van der Waals surface area contributed by atoms with E-state index in [0.29, 0.717) is 0 Å². The van der Waals surface area contributed by atoms with Gasteiger partial charge >= 0.3 is 5.97 Å². The van der Waals surface area contributed by atoms with Crippen molar-refractivity contribution in [1.82, 2.24) is 4.37 Å². The van der Waals surface area contributed by atoms with E-state index in [1.54, 1.807) is 0 Å². The fourth-order valence-corrected chi connectivity index (χ4v) is 3.06. The summed E-state index contributed by atoms with van der Waals surface area (Å²) < 4.78 is 4.30. The van der Waals surface area contributed by atoms with E-state index in [2.05, 4.69) is 16.2 Å². The van der Waals surface area contributed by atoms with Gasteiger partial charge in [-0.25, -0.2) is 0 Å². The van der Waals surface area contributed by atoms with E-state index >= 15 is 0 Å². The molecule has 0 unspecified atom stereocenters. The quantitative estimate of drug-likeness (QED) is 0.727. The molecule has 0 amide bonds. The average molecular weight is 321 g/mol. The molecule has 0 radical (unpaired) electrons. The Morgan fingerprint density at radius 2 is 1.87 bits per heavy atom. The first-order valence-electron chi connectivity index (χ1n) is 7.22. The van der Waals surface area contributed by atoms with Crippen LogP contribution >= 0.6 is 11.5 Å². The number of nitrogens with zero attached hydrogens (tertiary/aromatic N) is 1. The number of benzene rings is 2. The summed E-state index contributed by atoms with van der Waals surface area (Å²) >= 11 is 1.43. The van der Waals surface area contributed by atoms with Gasteiger partial charge in [-0.2, -0.15) is 4.37 Å². The Morgan fingerprint density at radius 3 is 2.57 bits per heavy atom. The van der Waals surface area contributed by atoms with Crippen molar-refractivity contribution in [2.75, 3.05) is 0 Å². The highest BCUT2D eigenvalue weighted by atomic mass is 32.1. The van der Waals surface area contributed by atoms with Crippen molar-refractivity contribution in [3.8, 4) is 11.8 Å². The van der Waals surface area contributed by atoms with Crippen LogP contribution < -0.4 is 0 Å². The first-order valence-corrected chi connectivity index (χ1v) is 7.99. The van der Waals surface area contributed by atoms with E-state index in [0.717, 1.165) is 38.0 Å². The molecule has 1 heterocycles. The number of hydrogen-bond donors (Lipinski definition) is 1. The van der Waals surface area contributed by atoms with Crippen LogP contribution in [0.3, 0.4) is 0 Å². The van der Waals surface area contributed by atoms with Gasteiger partial charge < -0.3 is 5.11 Å². The lowest BCUT2D eigenvalue weighted by Crippen LogP contribution is -1.99. The van der Waals surface area contributed by atoms with Crippen molar-refractivity contribution >= 4 is 28.3 Å². The summed E-state index contributed by atoms with van der Waals surface area (Å²) in [6.45, 7) is 4.02. The third-order valence-electron chi connectivity index (χ3n) is 3.74. The maximum Gasteiger partial charge on any atom is 0.307 e. The SMILES string of the molecule is Cc1nsc(C#Cc2ccc3cc(CC(=O)O)ccc3c2)c1C. The van der Waals surface area contributed by atoms with Crippen molar-refractivity contribution in [3.63, 3.8) is 0 Å². The topological polar surface area (TPSA) is 50.2 Å². The molecule has 3 aromatic rings. The smallest absolute Gasteiger partial charge is 0.307 e. The van der Waals surface area contributed by atoms with Crippen LogP contribution in [-0.2, 0) is 11.2 Å². The van der Waals surface area contributed by atoms with Crippen LogP contribution in [0.1, 0.15) is 27.3 Å². The van der Waals surface area contributed by atoms with E-state index in [1.807, 2.05) is 50.2 Å². The second kappa shape index (κ2) is 6.23. The number of aliphatic carboxylic acids is 1. The third kappa shape index (κ3) is 3.41. The molecule has 4 heteroatoms. The van der Waals surface area contributed by atoms with E-state index in [1.165, 1.54) is 11.5 Å².